The van der Waals surface area contributed by atoms with Gasteiger partial charge in [-0.3, -0.25) is 4.79 Å². The third-order valence-corrected chi connectivity index (χ3v) is 4.73. The number of carbonyl (C=O) groups is 2. The second-order valence-electron chi connectivity index (χ2n) is 6.97. The van der Waals surface area contributed by atoms with Gasteiger partial charge in [-0.05, 0) is 43.4 Å². The van der Waals surface area contributed by atoms with Crippen LogP contribution in [0.4, 0.5) is 4.79 Å². The van der Waals surface area contributed by atoms with Gasteiger partial charge in [0.05, 0.1) is 6.61 Å². The van der Waals surface area contributed by atoms with Gasteiger partial charge < -0.3 is 19.7 Å². The van der Waals surface area contributed by atoms with Gasteiger partial charge in [0.15, 0.2) is 6.61 Å². The number of nitrogens with zero attached hydrogens (tertiary/aromatic N) is 1. The molecule has 1 aromatic carbocycles. The SMILES string of the molecule is CCCCOC(=O)NC1CCN(C(=O)COc2ccc(CCC)cc2)CC1. The maximum Gasteiger partial charge on any atom is 0.407 e. The molecule has 0 aliphatic carbocycles. The third-order valence-electron chi connectivity index (χ3n) is 4.73. The molecule has 0 aromatic heterocycles. The fraction of sp³-hybridized carbons (Fsp3) is 0.619. The summed E-state index contributed by atoms with van der Waals surface area (Å²) in [6.45, 7) is 5.95. The monoisotopic (exact) mass is 376 g/mol. The molecular formula is C21H32N2O4. The number of unbranched alkanes of at least 4 members (excludes halogenated alkanes) is 1. The van der Waals surface area contributed by atoms with Crippen LogP contribution in [0.2, 0.25) is 0 Å². The van der Waals surface area contributed by atoms with E-state index in [0.29, 0.717) is 19.7 Å². The maximum atomic E-state index is 12.3. The summed E-state index contributed by atoms with van der Waals surface area (Å²) in [7, 11) is 0. The quantitative estimate of drug-likeness (QED) is 0.670. The van der Waals surface area contributed by atoms with Gasteiger partial charge >= 0.3 is 6.09 Å². The first-order valence-electron chi connectivity index (χ1n) is 10.0. The normalized spacial score (nSPS) is 14.7. The van der Waals surface area contributed by atoms with Gasteiger partial charge in [0.2, 0.25) is 0 Å². The number of hydrogen-bond donors (Lipinski definition) is 1. The summed E-state index contributed by atoms with van der Waals surface area (Å²) in [6.07, 6.45) is 5.15. The number of piperidine rings is 1. The molecular weight excluding hydrogens is 344 g/mol. The van der Waals surface area contributed by atoms with Crippen molar-refractivity contribution in [1.82, 2.24) is 10.2 Å². The molecule has 2 amide bonds. The number of carbonyl (C=O) groups excluding carboxylic acids is 2. The molecule has 0 atom stereocenters. The van der Waals surface area contributed by atoms with E-state index in [1.807, 2.05) is 24.3 Å². The van der Waals surface area contributed by atoms with Gasteiger partial charge in [0.1, 0.15) is 5.75 Å². The topological polar surface area (TPSA) is 67.9 Å². The zero-order valence-electron chi connectivity index (χ0n) is 16.5. The number of nitrogens with one attached hydrogen (secondary N) is 1. The molecule has 1 aromatic rings. The van der Waals surface area contributed by atoms with Gasteiger partial charge in [-0.15, -0.1) is 0 Å². The van der Waals surface area contributed by atoms with Gasteiger partial charge in [-0.2, -0.15) is 0 Å². The van der Waals surface area contributed by atoms with Crippen molar-refractivity contribution in [1.29, 1.82) is 0 Å². The number of ether oxygens (including phenoxy) is 2. The summed E-state index contributed by atoms with van der Waals surface area (Å²) in [5.41, 5.74) is 1.28. The lowest BCUT2D eigenvalue weighted by Crippen LogP contribution is -2.47. The minimum Gasteiger partial charge on any atom is -0.484 e. The van der Waals surface area contributed by atoms with Crippen molar-refractivity contribution in [3.05, 3.63) is 29.8 Å². The van der Waals surface area contributed by atoms with Gasteiger partial charge in [0, 0.05) is 19.1 Å². The molecule has 0 saturated carbocycles. The van der Waals surface area contributed by atoms with Crippen LogP contribution < -0.4 is 10.1 Å². The second-order valence-corrected chi connectivity index (χ2v) is 6.97. The van der Waals surface area contributed by atoms with E-state index in [0.717, 1.165) is 44.3 Å². The Morgan fingerprint density at radius 2 is 1.81 bits per heavy atom. The zero-order chi connectivity index (χ0) is 19.5. The first kappa shape index (κ1) is 21.1. The molecule has 0 radical (unpaired) electrons. The largest absolute Gasteiger partial charge is 0.484 e. The highest BCUT2D eigenvalue weighted by molar-refractivity contribution is 5.78. The van der Waals surface area contributed by atoms with Crippen LogP contribution in [-0.2, 0) is 16.0 Å². The Hall–Kier alpha value is -2.24. The van der Waals surface area contributed by atoms with E-state index in [-0.39, 0.29) is 24.6 Å². The van der Waals surface area contributed by atoms with Crippen molar-refractivity contribution >= 4 is 12.0 Å². The van der Waals surface area contributed by atoms with E-state index in [2.05, 4.69) is 19.2 Å². The molecule has 1 fully saturated rings. The number of rotatable bonds is 9. The highest BCUT2D eigenvalue weighted by Gasteiger charge is 2.24. The van der Waals surface area contributed by atoms with E-state index in [9.17, 15) is 9.59 Å². The summed E-state index contributed by atoms with van der Waals surface area (Å²) < 4.78 is 10.7. The third kappa shape index (κ3) is 7.49. The van der Waals surface area contributed by atoms with Crippen LogP contribution in [-0.4, -0.2) is 49.2 Å². The highest BCUT2D eigenvalue weighted by atomic mass is 16.5. The van der Waals surface area contributed by atoms with Crippen LogP contribution in [0.1, 0.15) is 51.5 Å². The van der Waals surface area contributed by atoms with E-state index in [4.69, 9.17) is 9.47 Å². The average Bonchev–Trinajstić information content (AvgIpc) is 2.68. The maximum absolute atomic E-state index is 12.3. The second kappa shape index (κ2) is 11.5. The molecule has 6 nitrogen and oxygen atoms in total. The van der Waals surface area contributed by atoms with Crippen LogP contribution in [0.5, 0.6) is 5.75 Å². The summed E-state index contributed by atoms with van der Waals surface area (Å²) in [6, 6.07) is 7.98. The Kier molecular flexibility index (Phi) is 8.95. The molecule has 0 unspecified atom stereocenters. The minimum atomic E-state index is -0.358. The van der Waals surface area contributed by atoms with Crippen molar-refractivity contribution < 1.29 is 19.1 Å². The molecule has 1 saturated heterocycles. The summed E-state index contributed by atoms with van der Waals surface area (Å²) in [5.74, 6) is 0.700. The Morgan fingerprint density at radius 3 is 2.44 bits per heavy atom. The zero-order valence-corrected chi connectivity index (χ0v) is 16.5. The number of aryl methyl sites for hydroxylation is 1. The Balaban J connectivity index is 1.66. The molecule has 1 aliphatic rings. The molecule has 0 bridgehead atoms. The van der Waals surface area contributed by atoms with Gasteiger partial charge in [-0.1, -0.05) is 38.8 Å². The van der Waals surface area contributed by atoms with Crippen molar-refractivity contribution in [2.45, 2.75) is 58.4 Å². The van der Waals surface area contributed by atoms with E-state index in [1.165, 1.54) is 5.56 Å². The van der Waals surface area contributed by atoms with E-state index >= 15 is 0 Å². The molecule has 27 heavy (non-hydrogen) atoms. The number of hydrogen-bond acceptors (Lipinski definition) is 4. The van der Waals surface area contributed by atoms with Crippen molar-refractivity contribution in [3.8, 4) is 5.75 Å². The lowest BCUT2D eigenvalue weighted by molar-refractivity contribution is -0.134. The molecule has 0 spiro atoms. The fourth-order valence-electron chi connectivity index (χ4n) is 3.07. The van der Waals surface area contributed by atoms with Crippen LogP contribution in [0, 0.1) is 0 Å². The molecule has 1 aliphatic heterocycles. The molecule has 1 heterocycles. The minimum absolute atomic E-state index is 0.0170. The standard InChI is InChI=1S/C21H32N2O4/c1-3-5-15-26-21(25)22-18-11-13-23(14-12-18)20(24)16-27-19-9-7-17(6-4-2)8-10-19/h7-10,18H,3-6,11-16H2,1-2H3,(H,22,25). The smallest absolute Gasteiger partial charge is 0.407 e. The van der Waals surface area contributed by atoms with Crippen LogP contribution in [0.3, 0.4) is 0 Å². The lowest BCUT2D eigenvalue weighted by Gasteiger charge is -2.32. The first-order valence-corrected chi connectivity index (χ1v) is 10.0. The number of amides is 2. The Labute approximate surface area is 162 Å². The number of likely N-dealkylation sites (tertiary alicyclic amines) is 1. The van der Waals surface area contributed by atoms with Crippen molar-refractivity contribution in [2.24, 2.45) is 0 Å². The van der Waals surface area contributed by atoms with E-state index in [1.54, 1.807) is 4.90 Å². The van der Waals surface area contributed by atoms with Crippen molar-refractivity contribution in [3.63, 3.8) is 0 Å². The number of alkyl carbamates (subject to hydrolysis) is 1. The van der Waals surface area contributed by atoms with Crippen LogP contribution in [0.15, 0.2) is 24.3 Å². The summed E-state index contributed by atoms with van der Waals surface area (Å²) in [4.78, 5) is 25.8. The van der Waals surface area contributed by atoms with E-state index < -0.39 is 0 Å². The van der Waals surface area contributed by atoms with Gasteiger partial charge in [-0.25, -0.2) is 4.79 Å². The summed E-state index contributed by atoms with van der Waals surface area (Å²) >= 11 is 0. The van der Waals surface area contributed by atoms with Gasteiger partial charge in [0.25, 0.3) is 5.91 Å². The van der Waals surface area contributed by atoms with Crippen LogP contribution in [0.25, 0.3) is 0 Å². The fourth-order valence-corrected chi connectivity index (χ4v) is 3.07. The average molecular weight is 376 g/mol. The molecule has 150 valence electrons. The predicted octanol–water partition coefficient (Wildman–Crippen LogP) is 3.54. The highest BCUT2D eigenvalue weighted by Crippen LogP contribution is 2.15. The summed E-state index contributed by atoms with van der Waals surface area (Å²) in [5, 5.41) is 2.88. The lowest BCUT2D eigenvalue weighted by atomic mass is 10.1. The molecule has 2 rings (SSSR count). The molecule has 1 N–H and O–H groups in total. The number of benzene rings is 1. The van der Waals surface area contributed by atoms with Crippen molar-refractivity contribution in [2.75, 3.05) is 26.3 Å². The first-order chi connectivity index (χ1) is 13.1. The predicted molar refractivity (Wildman–Crippen MR) is 105 cm³/mol. The Morgan fingerprint density at radius 1 is 1.11 bits per heavy atom. The van der Waals surface area contributed by atoms with Crippen LogP contribution >= 0.6 is 0 Å². The Bertz CT molecular complexity index is 580. The molecule has 6 heteroatoms.